The quantitative estimate of drug-likeness (QED) is 0.191. The number of ether oxygens (including phenoxy) is 2. The highest BCUT2D eigenvalue weighted by molar-refractivity contribution is 9.10. The summed E-state index contributed by atoms with van der Waals surface area (Å²) in [5, 5.41) is 0. The second-order valence-electron chi connectivity index (χ2n) is 10.5. The SMILES string of the molecule is CCc1cc(CC)c2c(c1)Oc1ccc(CC)cc1N2C(CCS(=O)(=O)O)N1c2ccccc2Oc2cc(Br)ccc21. The van der Waals surface area contributed by atoms with Gasteiger partial charge in [-0.3, -0.25) is 4.55 Å². The standard InChI is InChI=1S/C33H33BrN2O5S/c1-4-21-11-14-29-27(18-21)36(33-23(6-3)17-22(5-2)19-31(33)41-29)32(15-16-42(37,38)39)35-25-9-7-8-10-28(25)40-30-20-24(34)12-13-26(30)35/h7-14,17-20,32H,4-6,15-16H2,1-3H3,(H,37,38,39). The summed E-state index contributed by atoms with van der Waals surface area (Å²) < 4.78 is 48.4. The molecule has 1 N–H and O–H groups in total. The Balaban J connectivity index is 1.66. The van der Waals surface area contributed by atoms with Crippen molar-refractivity contribution in [3.05, 3.63) is 94.0 Å². The molecule has 0 fully saturated rings. The van der Waals surface area contributed by atoms with Gasteiger partial charge >= 0.3 is 0 Å². The average molecular weight is 650 g/mol. The Morgan fingerprint density at radius 3 is 2.19 bits per heavy atom. The zero-order chi connectivity index (χ0) is 29.6. The maximum Gasteiger partial charge on any atom is 0.265 e. The molecule has 7 nitrogen and oxygen atoms in total. The van der Waals surface area contributed by atoms with Crippen molar-refractivity contribution >= 4 is 48.8 Å². The van der Waals surface area contributed by atoms with Crippen LogP contribution in [0.5, 0.6) is 23.0 Å². The summed E-state index contributed by atoms with van der Waals surface area (Å²) in [4.78, 5) is 4.35. The van der Waals surface area contributed by atoms with Crippen molar-refractivity contribution < 1.29 is 22.4 Å². The molecule has 9 heteroatoms. The fourth-order valence-corrected chi connectivity index (χ4v) is 6.72. The van der Waals surface area contributed by atoms with Crippen LogP contribution in [0.4, 0.5) is 22.7 Å². The molecule has 2 aliphatic heterocycles. The van der Waals surface area contributed by atoms with Gasteiger partial charge in [0.15, 0.2) is 23.0 Å². The maximum absolute atomic E-state index is 12.3. The molecule has 0 aromatic heterocycles. The van der Waals surface area contributed by atoms with Crippen molar-refractivity contribution in [1.29, 1.82) is 0 Å². The first-order valence-electron chi connectivity index (χ1n) is 14.3. The monoisotopic (exact) mass is 648 g/mol. The largest absolute Gasteiger partial charge is 0.453 e. The lowest BCUT2D eigenvalue weighted by molar-refractivity contribution is 0.447. The van der Waals surface area contributed by atoms with E-state index in [2.05, 4.69) is 70.8 Å². The van der Waals surface area contributed by atoms with E-state index in [1.807, 2.05) is 48.5 Å². The minimum atomic E-state index is -4.28. The van der Waals surface area contributed by atoms with Crippen molar-refractivity contribution in [1.82, 2.24) is 0 Å². The van der Waals surface area contributed by atoms with E-state index in [0.29, 0.717) is 17.2 Å². The summed E-state index contributed by atoms with van der Waals surface area (Å²) in [6.07, 6.45) is 1.99. The number of rotatable bonds is 8. The van der Waals surface area contributed by atoms with Crippen LogP contribution < -0.4 is 19.3 Å². The number of hydrogen-bond acceptors (Lipinski definition) is 6. The van der Waals surface area contributed by atoms with E-state index in [9.17, 15) is 13.0 Å². The van der Waals surface area contributed by atoms with Crippen molar-refractivity contribution in [2.45, 2.75) is 52.6 Å². The number of anilines is 4. The third-order valence-corrected chi connectivity index (χ3v) is 9.16. The average Bonchev–Trinajstić information content (AvgIpc) is 2.98. The topological polar surface area (TPSA) is 79.3 Å². The smallest absolute Gasteiger partial charge is 0.265 e. The lowest BCUT2D eigenvalue weighted by Crippen LogP contribution is -2.47. The van der Waals surface area contributed by atoms with Crippen LogP contribution in [0.15, 0.2) is 77.3 Å². The molecule has 1 unspecified atom stereocenters. The number of halogens is 1. The number of para-hydroxylation sites is 2. The van der Waals surface area contributed by atoms with Crippen LogP contribution in [0.1, 0.15) is 43.9 Å². The molecule has 0 saturated carbocycles. The van der Waals surface area contributed by atoms with Crippen LogP contribution in [-0.2, 0) is 29.4 Å². The second-order valence-corrected chi connectivity index (χ2v) is 13.0. The Kier molecular flexibility index (Phi) is 7.68. The highest BCUT2D eigenvalue weighted by Gasteiger charge is 2.40. The van der Waals surface area contributed by atoms with E-state index in [1.165, 1.54) is 5.56 Å². The van der Waals surface area contributed by atoms with Crippen molar-refractivity contribution in [3.63, 3.8) is 0 Å². The van der Waals surface area contributed by atoms with E-state index in [0.717, 1.165) is 63.4 Å². The molecule has 0 bridgehead atoms. The summed E-state index contributed by atoms with van der Waals surface area (Å²) in [6, 6.07) is 24.1. The molecule has 4 aromatic carbocycles. The van der Waals surface area contributed by atoms with E-state index < -0.39 is 22.0 Å². The first kappa shape index (κ1) is 28.6. The van der Waals surface area contributed by atoms with E-state index in [4.69, 9.17) is 9.47 Å². The Morgan fingerprint density at radius 2 is 1.45 bits per heavy atom. The fourth-order valence-electron chi connectivity index (χ4n) is 5.87. The molecule has 0 aliphatic carbocycles. The molecule has 42 heavy (non-hydrogen) atoms. The normalized spacial score (nSPS) is 14.2. The number of aryl methyl sites for hydroxylation is 3. The Hall–Kier alpha value is -3.53. The van der Waals surface area contributed by atoms with Crippen molar-refractivity contribution in [2.24, 2.45) is 0 Å². The zero-order valence-electron chi connectivity index (χ0n) is 23.8. The predicted octanol–water partition coefficient (Wildman–Crippen LogP) is 8.93. The molecule has 0 spiro atoms. The summed E-state index contributed by atoms with van der Waals surface area (Å²) in [7, 11) is -4.28. The van der Waals surface area contributed by atoms with Gasteiger partial charge in [0.25, 0.3) is 10.1 Å². The number of hydrogen-bond donors (Lipinski definition) is 1. The van der Waals surface area contributed by atoms with Gasteiger partial charge in [0.1, 0.15) is 6.17 Å². The van der Waals surface area contributed by atoms with Gasteiger partial charge in [0.2, 0.25) is 0 Å². The van der Waals surface area contributed by atoms with E-state index >= 15 is 0 Å². The molecule has 4 aromatic rings. The lowest BCUT2D eigenvalue weighted by Gasteiger charge is -2.47. The van der Waals surface area contributed by atoms with Gasteiger partial charge in [0, 0.05) is 10.9 Å². The molecule has 0 radical (unpaired) electrons. The summed E-state index contributed by atoms with van der Waals surface area (Å²) in [5.74, 6) is 2.32. The summed E-state index contributed by atoms with van der Waals surface area (Å²) in [6.45, 7) is 6.35. The number of benzene rings is 4. The van der Waals surface area contributed by atoms with Gasteiger partial charge in [-0.1, -0.05) is 61.0 Å². The van der Waals surface area contributed by atoms with Crippen LogP contribution in [0.25, 0.3) is 0 Å². The third-order valence-electron chi connectivity index (χ3n) is 7.91. The van der Waals surface area contributed by atoms with Crippen LogP contribution in [0.2, 0.25) is 0 Å². The Labute approximate surface area is 255 Å². The van der Waals surface area contributed by atoms with Crippen molar-refractivity contribution in [3.8, 4) is 23.0 Å². The summed E-state index contributed by atoms with van der Waals surface area (Å²) in [5.41, 5.74) is 6.75. The molecule has 6 rings (SSSR count). The van der Waals surface area contributed by atoms with E-state index in [1.54, 1.807) is 0 Å². The molecule has 2 aliphatic rings. The van der Waals surface area contributed by atoms with Crippen LogP contribution in [-0.4, -0.2) is 24.9 Å². The van der Waals surface area contributed by atoms with Gasteiger partial charge < -0.3 is 19.3 Å². The van der Waals surface area contributed by atoms with Crippen LogP contribution in [0, 0.1) is 0 Å². The highest BCUT2D eigenvalue weighted by Crippen LogP contribution is 2.55. The van der Waals surface area contributed by atoms with Gasteiger partial charge in [-0.2, -0.15) is 8.42 Å². The second kappa shape index (κ2) is 11.3. The predicted molar refractivity (Wildman–Crippen MR) is 171 cm³/mol. The minimum absolute atomic E-state index is 0.108. The van der Waals surface area contributed by atoms with Gasteiger partial charge in [-0.25, -0.2) is 0 Å². The van der Waals surface area contributed by atoms with Crippen molar-refractivity contribution in [2.75, 3.05) is 15.6 Å². The minimum Gasteiger partial charge on any atom is -0.453 e. The summed E-state index contributed by atoms with van der Waals surface area (Å²) >= 11 is 3.57. The fraction of sp³-hybridized carbons (Fsp3) is 0.273. The molecule has 2 heterocycles. The van der Waals surface area contributed by atoms with Gasteiger partial charge in [-0.15, -0.1) is 0 Å². The van der Waals surface area contributed by atoms with Crippen LogP contribution >= 0.6 is 15.9 Å². The Morgan fingerprint density at radius 1 is 0.738 bits per heavy atom. The lowest BCUT2D eigenvalue weighted by atomic mass is 9.98. The molecule has 1 atom stereocenters. The molecular formula is C33H33BrN2O5S. The molecule has 218 valence electrons. The van der Waals surface area contributed by atoms with Gasteiger partial charge in [-0.05, 0) is 84.5 Å². The highest BCUT2D eigenvalue weighted by atomic mass is 79.9. The number of nitrogens with zero attached hydrogens (tertiary/aromatic N) is 2. The van der Waals surface area contributed by atoms with Crippen LogP contribution in [0.3, 0.4) is 0 Å². The Bertz CT molecular complexity index is 1770. The zero-order valence-corrected chi connectivity index (χ0v) is 26.2. The first-order valence-corrected chi connectivity index (χ1v) is 16.7. The maximum atomic E-state index is 12.3. The third kappa shape index (κ3) is 5.25. The molecule has 0 amide bonds. The number of fused-ring (bicyclic) bond motifs is 4. The molecule has 0 saturated heterocycles. The first-order chi connectivity index (χ1) is 20.2. The van der Waals surface area contributed by atoms with E-state index in [-0.39, 0.29) is 6.42 Å². The van der Waals surface area contributed by atoms with Gasteiger partial charge in [0.05, 0.1) is 28.5 Å². The molecular weight excluding hydrogens is 616 g/mol.